The third-order valence-electron chi connectivity index (χ3n) is 11.6. The van der Waals surface area contributed by atoms with Gasteiger partial charge in [-0.3, -0.25) is 14.4 Å². The van der Waals surface area contributed by atoms with Crippen LogP contribution in [0.15, 0.2) is 0 Å². The van der Waals surface area contributed by atoms with Crippen molar-refractivity contribution in [2.24, 2.45) is 0 Å². The van der Waals surface area contributed by atoms with Gasteiger partial charge in [-0.2, -0.15) is 0 Å². The molecule has 0 amide bonds. The molecule has 0 bridgehead atoms. The predicted octanol–water partition coefficient (Wildman–Crippen LogP) is 16.4. The molecule has 0 spiro atoms. The molecule has 57 heavy (non-hydrogen) atoms. The van der Waals surface area contributed by atoms with E-state index in [-0.39, 0.29) is 31.1 Å². The van der Waals surface area contributed by atoms with Crippen LogP contribution in [-0.4, -0.2) is 37.2 Å². The number of carbonyl (C=O) groups is 3. The Balaban J connectivity index is 4.18. The van der Waals surface area contributed by atoms with Gasteiger partial charge in [0.05, 0.1) is 0 Å². The van der Waals surface area contributed by atoms with Crippen LogP contribution in [0.25, 0.3) is 0 Å². The van der Waals surface area contributed by atoms with Gasteiger partial charge in [-0.25, -0.2) is 0 Å². The van der Waals surface area contributed by atoms with E-state index in [0.717, 1.165) is 57.8 Å². The highest BCUT2D eigenvalue weighted by Crippen LogP contribution is 2.17. The summed E-state index contributed by atoms with van der Waals surface area (Å²) in [5, 5.41) is 0. The van der Waals surface area contributed by atoms with Crippen molar-refractivity contribution in [3.63, 3.8) is 0 Å². The Kier molecular flexibility index (Phi) is 45.8. The van der Waals surface area contributed by atoms with Gasteiger partial charge in [-0.05, 0) is 19.3 Å². The molecule has 0 heterocycles. The van der Waals surface area contributed by atoms with Gasteiger partial charge < -0.3 is 14.2 Å². The molecule has 6 nitrogen and oxygen atoms in total. The minimum absolute atomic E-state index is 0.0624. The molecule has 0 aromatic heterocycles. The minimum atomic E-state index is -0.758. The Bertz CT molecular complexity index is 844. The van der Waals surface area contributed by atoms with Crippen molar-refractivity contribution in [2.75, 3.05) is 13.2 Å². The highest BCUT2D eigenvalue weighted by Gasteiger charge is 2.19. The fraction of sp³-hybridized carbons (Fsp3) is 0.941. The second-order valence-electron chi connectivity index (χ2n) is 17.5. The summed E-state index contributed by atoms with van der Waals surface area (Å²) in [7, 11) is 0. The first-order valence-electron chi connectivity index (χ1n) is 25.5. The molecule has 0 N–H and O–H groups in total. The van der Waals surface area contributed by atoms with Crippen molar-refractivity contribution < 1.29 is 28.6 Å². The topological polar surface area (TPSA) is 78.9 Å². The summed E-state index contributed by atoms with van der Waals surface area (Å²) in [6, 6.07) is 0. The van der Waals surface area contributed by atoms with Gasteiger partial charge in [0.15, 0.2) is 6.10 Å². The number of esters is 3. The van der Waals surface area contributed by atoms with Crippen LogP contribution in [0.2, 0.25) is 0 Å². The maximum atomic E-state index is 12.7. The van der Waals surface area contributed by atoms with Crippen LogP contribution in [0.1, 0.15) is 290 Å². The lowest BCUT2D eigenvalue weighted by atomic mass is 10.0. The van der Waals surface area contributed by atoms with Gasteiger partial charge >= 0.3 is 17.9 Å². The van der Waals surface area contributed by atoms with E-state index in [2.05, 4.69) is 20.8 Å². The molecule has 0 saturated carbocycles. The Morgan fingerprint density at radius 3 is 0.702 bits per heavy atom. The Morgan fingerprint density at radius 2 is 0.474 bits per heavy atom. The van der Waals surface area contributed by atoms with Crippen molar-refractivity contribution in [1.82, 2.24) is 0 Å². The average molecular weight is 807 g/mol. The molecule has 0 rings (SSSR count). The first-order valence-corrected chi connectivity index (χ1v) is 25.5. The third-order valence-corrected chi connectivity index (χ3v) is 11.6. The highest BCUT2D eigenvalue weighted by atomic mass is 16.6. The van der Waals surface area contributed by atoms with Crippen molar-refractivity contribution in [3.05, 3.63) is 0 Å². The standard InChI is InChI=1S/C51H98O6/c1-4-7-10-13-16-18-20-22-24-25-26-27-29-30-32-35-38-41-44-50(53)56-47-48(46-55-49(52)43-40-37-34-15-12-9-6-3)57-51(54)45-42-39-36-33-31-28-23-21-19-17-14-11-8-5-2/h48H,4-47H2,1-3H3. The fourth-order valence-electron chi connectivity index (χ4n) is 7.74. The summed E-state index contributed by atoms with van der Waals surface area (Å²) in [5.74, 6) is -0.850. The largest absolute Gasteiger partial charge is 0.462 e. The van der Waals surface area contributed by atoms with Crippen LogP contribution >= 0.6 is 0 Å². The highest BCUT2D eigenvalue weighted by molar-refractivity contribution is 5.71. The maximum absolute atomic E-state index is 12.7. The van der Waals surface area contributed by atoms with Gasteiger partial charge in [0, 0.05) is 19.3 Å². The van der Waals surface area contributed by atoms with Crippen molar-refractivity contribution >= 4 is 17.9 Å². The van der Waals surface area contributed by atoms with E-state index in [1.165, 1.54) is 193 Å². The Morgan fingerprint density at radius 1 is 0.281 bits per heavy atom. The summed E-state index contributed by atoms with van der Waals surface area (Å²) in [5.41, 5.74) is 0. The number of rotatable bonds is 47. The SMILES string of the molecule is CCCCCCCCCCCCCCCCCCCCC(=O)OCC(COC(=O)CCCCCCCCC)OC(=O)CCCCCCCCCCCCCCCC. The molecule has 0 aromatic rings. The van der Waals surface area contributed by atoms with E-state index in [9.17, 15) is 14.4 Å². The lowest BCUT2D eigenvalue weighted by molar-refractivity contribution is -0.167. The molecule has 6 heteroatoms. The minimum Gasteiger partial charge on any atom is -0.462 e. The first-order chi connectivity index (χ1) is 28.0. The van der Waals surface area contributed by atoms with Crippen LogP contribution in [0, 0.1) is 0 Å². The fourth-order valence-corrected chi connectivity index (χ4v) is 7.74. The number of hydrogen-bond acceptors (Lipinski definition) is 6. The summed E-state index contributed by atoms with van der Waals surface area (Å²) >= 11 is 0. The summed E-state index contributed by atoms with van der Waals surface area (Å²) in [6.07, 6.45) is 49.6. The third kappa shape index (κ3) is 45.3. The molecule has 0 aliphatic rings. The van der Waals surface area contributed by atoms with Gasteiger partial charge in [0.2, 0.25) is 0 Å². The van der Waals surface area contributed by atoms with E-state index in [1.54, 1.807) is 0 Å². The van der Waals surface area contributed by atoms with E-state index in [0.29, 0.717) is 19.3 Å². The second kappa shape index (κ2) is 47.1. The molecule has 338 valence electrons. The van der Waals surface area contributed by atoms with Crippen molar-refractivity contribution in [2.45, 2.75) is 297 Å². The monoisotopic (exact) mass is 807 g/mol. The zero-order valence-electron chi connectivity index (χ0n) is 38.6. The molecule has 0 radical (unpaired) electrons. The molecule has 1 atom stereocenters. The number of carbonyl (C=O) groups excluding carboxylic acids is 3. The van der Waals surface area contributed by atoms with E-state index >= 15 is 0 Å². The van der Waals surface area contributed by atoms with E-state index in [1.807, 2.05) is 0 Å². The van der Waals surface area contributed by atoms with Crippen LogP contribution in [0.4, 0.5) is 0 Å². The van der Waals surface area contributed by atoms with Crippen LogP contribution < -0.4 is 0 Å². The number of unbranched alkanes of at least 4 members (excludes halogenated alkanes) is 36. The normalized spacial score (nSPS) is 11.8. The summed E-state index contributed by atoms with van der Waals surface area (Å²) < 4.78 is 16.7. The van der Waals surface area contributed by atoms with Crippen molar-refractivity contribution in [3.8, 4) is 0 Å². The molecule has 0 aromatic carbocycles. The van der Waals surface area contributed by atoms with Crippen molar-refractivity contribution in [1.29, 1.82) is 0 Å². The quantitative estimate of drug-likeness (QED) is 0.0346. The number of ether oxygens (including phenoxy) is 3. The Hall–Kier alpha value is -1.59. The zero-order chi connectivity index (χ0) is 41.5. The lowest BCUT2D eigenvalue weighted by Gasteiger charge is -2.18. The van der Waals surface area contributed by atoms with E-state index in [4.69, 9.17) is 14.2 Å². The molecule has 0 aliphatic carbocycles. The van der Waals surface area contributed by atoms with E-state index < -0.39 is 6.10 Å². The average Bonchev–Trinajstić information content (AvgIpc) is 3.21. The number of hydrogen-bond donors (Lipinski definition) is 0. The summed E-state index contributed by atoms with van der Waals surface area (Å²) in [4.78, 5) is 37.7. The first kappa shape index (κ1) is 55.4. The van der Waals surface area contributed by atoms with Crippen LogP contribution in [-0.2, 0) is 28.6 Å². The molecular weight excluding hydrogens is 709 g/mol. The summed E-state index contributed by atoms with van der Waals surface area (Å²) in [6.45, 7) is 6.64. The zero-order valence-corrected chi connectivity index (χ0v) is 38.6. The van der Waals surface area contributed by atoms with Gasteiger partial charge in [0.25, 0.3) is 0 Å². The van der Waals surface area contributed by atoms with Gasteiger partial charge in [-0.1, -0.05) is 252 Å². The maximum Gasteiger partial charge on any atom is 0.306 e. The second-order valence-corrected chi connectivity index (χ2v) is 17.5. The van der Waals surface area contributed by atoms with Crippen LogP contribution in [0.3, 0.4) is 0 Å². The predicted molar refractivity (Wildman–Crippen MR) is 243 cm³/mol. The van der Waals surface area contributed by atoms with Crippen LogP contribution in [0.5, 0.6) is 0 Å². The molecular formula is C51H98O6. The lowest BCUT2D eigenvalue weighted by Crippen LogP contribution is -2.30. The van der Waals surface area contributed by atoms with Gasteiger partial charge in [-0.15, -0.1) is 0 Å². The van der Waals surface area contributed by atoms with Gasteiger partial charge in [0.1, 0.15) is 13.2 Å². The molecule has 0 fully saturated rings. The Labute approximate surface area is 355 Å². The molecule has 1 unspecified atom stereocenters. The molecule has 0 aliphatic heterocycles. The molecule has 0 saturated heterocycles. The smallest absolute Gasteiger partial charge is 0.306 e.